The molecule has 136 valence electrons. The highest BCUT2D eigenvalue weighted by molar-refractivity contribution is 6.05. The number of aliphatic hydroxyl groups excluding tert-OH is 2. The molecule has 2 saturated heterocycles. The van der Waals surface area contributed by atoms with Crippen molar-refractivity contribution in [1.82, 2.24) is 0 Å². The Balaban J connectivity index is 1.82. The van der Waals surface area contributed by atoms with Gasteiger partial charge in [0.1, 0.15) is 11.5 Å². The van der Waals surface area contributed by atoms with Crippen molar-refractivity contribution in [3.05, 3.63) is 24.3 Å². The quantitative estimate of drug-likeness (QED) is 0.453. The van der Waals surface area contributed by atoms with E-state index in [1.165, 1.54) is 0 Å². The zero-order valence-corrected chi connectivity index (χ0v) is 14.7. The van der Waals surface area contributed by atoms with Crippen LogP contribution in [0.3, 0.4) is 0 Å². The van der Waals surface area contributed by atoms with Gasteiger partial charge in [0.05, 0.1) is 12.7 Å². The van der Waals surface area contributed by atoms with Crippen LogP contribution in [0.15, 0.2) is 24.3 Å². The van der Waals surface area contributed by atoms with E-state index in [1.54, 1.807) is 0 Å². The Morgan fingerprint density at radius 2 is 1.96 bits per heavy atom. The molecule has 2 spiro atoms. The van der Waals surface area contributed by atoms with Crippen molar-refractivity contribution in [3.8, 4) is 0 Å². The molecule has 4 bridgehead atoms. The summed E-state index contributed by atoms with van der Waals surface area (Å²) in [4.78, 5) is 13.3. The first-order chi connectivity index (χ1) is 11.6. The second-order valence-electron chi connectivity index (χ2n) is 9.52. The maximum atomic E-state index is 13.3. The largest absolute Gasteiger partial charge is 0.391 e. The number of hydrogen-bond donors (Lipinski definition) is 3. The van der Waals surface area contributed by atoms with Crippen molar-refractivity contribution in [2.75, 3.05) is 6.61 Å². The molecule has 5 nitrogen and oxygen atoms in total. The van der Waals surface area contributed by atoms with E-state index in [9.17, 15) is 20.1 Å². The van der Waals surface area contributed by atoms with Gasteiger partial charge < -0.3 is 20.1 Å². The third kappa shape index (κ3) is 1.37. The summed E-state index contributed by atoms with van der Waals surface area (Å²) in [6.45, 7) is 8.38. The number of Topliss-reactive ketones (excluding diaryl/α,β-unsaturated/α-hetero) is 1. The summed E-state index contributed by atoms with van der Waals surface area (Å²) < 4.78 is 5.84. The lowest BCUT2D eigenvalue weighted by Crippen LogP contribution is -2.83. The highest BCUT2D eigenvalue weighted by atomic mass is 16.6. The van der Waals surface area contributed by atoms with Crippen LogP contribution in [0.5, 0.6) is 0 Å². The highest BCUT2D eigenvalue weighted by Gasteiger charge is 2.85. The monoisotopic (exact) mass is 346 g/mol. The van der Waals surface area contributed by atoms with Crippen LogP contribution in [0.4, 0.5) is 0 Å². The summed E-state index contributed by atoms with van der Waals surface area (Å²) in [5.41, 5.74) is -1.90. The van der Waals surface area contributed by atoms with E-state index in [0.29, 0.717) is 12.0 Å². The SMILES string of the molecule is C=C1C(=O)[C@@]23C(CC[C@@H]1[C@H]2O)[C@]12C=CCC(C)(C)C1[C@H](O)[C@]3(O)OC2. The van der Waals surface area contributed by atoms with Crippen LogP contribution in [0, 0.1) is 34.0 Å². The molecule has 2 aliphatic heterocycles. The van der Waals surface area contributed by atoms with Gasteiger partial charge in [-0.15, -0.1) is 0 Å². The fraction of sp³-hybridized carbons (Fsp3) is 0.750. The number of carbonyl (C=O) groups excluding carboxylic acids is 1. The van der Waals surface area contributed by atoms with E-state index < -0.39 is 28.8 Å². The Bertz CT molecular complexity index is 726. The summed E-state index contributed by atoms with van der Waals surface area (Å²) in [5.74, 6) is -3.19. The van der Waals surface area contributed by atoms with Gasteiger partial charge in [0.15, 0.2) is 5.78 Å². The van der Waals surface area contributed by atoms with Gasteiger partial charge in [-0.2, -0.15) is 0 Å². The summed E-state index contributed by atoms with van der Waals surface area (Å²) in [6, 6.07) is 0. The zero-order valence-electron chi connectivity index (χ0n) is 14.7. The predicted molar refractivity (Wildman–Crippen MR) is 89.2 cm³/mol. The molecule has 0 radical (unpaired) electrons. The van der Waals surface area contributed by atoms with E-state index in [2.05, 4.69) is 32.6 Å². The minimum absolute atomic E-state index is 0.218. The van der Waals surface area contributed by atoms with Gasteiger partial charge in [0.25, 0.3) is 0 Å². The third-order valence-electron chi connectivity index (χ3n) is 8.27. The lowest BCUT2D eigenvalue weighted by molar-refractivity contribution is -0.436. The van der Waals surface area contributed by atoms with Crippen molar-refractivity contribution >= 4 is 5.78 Å². The van der Waals surface area contributed by atoms with Crippen molar-refractivity contribution in [2.24, 2.45) is 34.0 Å². The van der Waals surface area contributed by atoms with E-state index in [4.69, 9.17) is 4.74 Å². The molecule has 25 heavy (non-hydrogen) atoms. The second-order valence-corrected chi connectivity index (χ2v) is 9.52. The first-order valence-electron chi connectivity index (χ1n) is 9.28. The van der Waals surface area contributed by atoms with Gasteiger partial charge in [-0.1, -0.05) is 32.6 Å². The number of hydrogen-bond acceptors (Lipinski definition) is 5. The summed E-state index contributed by atoms with van der Waals surface area (Å²) in [6.07, 6.45) is 4.15. The molecule has 0 aromatic carbocycles. The van der Waals surface area contributed by atoms with Crippen LogP contribution in [-0.4, -0.2) is 45.7 Å². The fourth-order valence-corrected chi connectivity index (χ4v) is 7.41. The Hall–Kier alpha value is -1.01. The van der Waals surface area contributed by atoms with Crippen LogP contribution in [-0.2, 0) is 9.53 Å². The van der Waals surface area contributed by atoms with Gasteiger partial charge in [0, 0.05) is 17.3 Å². The lowest BCUT2D eigenvalue weighted by atomic mass is 9.37. The molecule has 2 heterocycles. The molecule has 8 atom stereocenters. The standard InChI is InChI=1S/C20H26O5/c1-10-11-5-6-12-18-8-4-7-17(2,3)13(18)16(23)20(24,25-9-18)19(12,14(10)21)15(11)22/h4,8,11-13,15-16,22-24H,1,5-7,9H2,2-3H3/t11-,12?,13?,15+,16-,18+,19-,20-/m0/s1. The number of ketones is 1. The molecule has 5 heteroatoms. The average Bonchev–Trinajstić information content (AvgIpc) is 2.66. The third-order valence-corrected chi connectivity index (χ3v) is 8.27. The molecule has 0 aromatic heterocycles. The lowest BCUT2D eigenvalue weighted by Gasteiger charge is -2.72. The van der Waals surface area contributed by atoms with Crippen LogP contribution >= 0.6 is 0 Å². The Morgan fingerprint density at radius 3 is 2.68 bits per heavy atom. The van der Waals surface area contributed by atoms with E-state index in [0.717, 1.165) is 12.8 Å². The van der Waals surface area contributed by atoms with Crippen LogP contribution in [0.2, 0.25) is 0 Å². The molecule has 2 unspecified atom stereocenters. The van der Waals surface area contributed by atoms with Crippen molar-refractivity contribution < 1.29 is 24.9 Å². The van der Waals surface area contributed by atoms with E-state index in [-0.39, 0.29) is 35.6 Å². The Labute approximate surface area is 147 Å². The maximum absolute atomic E-state index is 13.3. The summed E-state index contributed by atoms with van der Waals surface area (Å²) in [5, 5.41) is 33.9. The van der Waals surface area contributed by atoms with Gasteiger partial charge in [-0.3, -0.25) is 4.79 Å². The zero-order chi connectivity index (χ0) is 18.0. The normalized spacial score (nSPS) is 58.2. The maximum Gasteiger partial charge on any atom is 0.208 e. The van der Waals surface area contributed by atoms with Crippen molar-refractivity contribution in [1.29, 1.82) is 0 Å². The number of ether oxygens (including phenoxy) is 1. The molecule has 3 N–H and O–H groups in total. The highest BCUT2D eigenvalue weighted by Crippen LogP contribution is 2.75. The molecular formula is C20H26O5. The summed E-state index contributed by atoms with van der Waals surface area (Å²) in [7, 11) is 0. The number of aliphatic hydroxyl groups is 3. The predicted octanol–water partition coefficient (Wildman–Crippen LogP) is 1.18. The fourth-order valence-electron chi connectivity index (χ4n) is 7.41. The molecular weight excluding hydrogens is 320 g/mol. The minimum atomic E-state index is -2.05. The summed E-state index contributed by atoms with van der Waals surface area (Å²) >= 11 is 0. The van der Waals surface area contributed by atoms with Crippen molar-refractivity contribution in [2.45, 2.75) is 51.1 Å². The first kappa shape index (κ1) is 16.2. The second kappa shape index (κ2) is 4.28. The van der Waals surface area contributed by atoms with Crippen LogP contribution < -0.4 is 0 Å². The molecule has 0 aromatic rings. The smallest absolute Gasteiger partial charge is 0.208 e. The number of rotatable bonds is 0. The Morgan fingerprint density at radius 1 is 1.24 bits per heavy atom. The van der Waals surface area contributed by atoms with E-state index in [1.807, 2.05) is 0 Å². The van der Waals surface area contributed by atoms with Gasteiger partial charge in [0.2, 0.25) is 5.79 Å². The number of fused-ring (bicyclic) bond motifs is 2. The molecule has 3 saturated carbocycles. The molecule has 5 fully saturated rings. The van der Waals surface area contributed by atoms with E-state index >= 15 is 0 Å². The number of carbonyl (C=O) groups is 1. The first-order valence-corrected chi connectivity index (χ1v) is 9.28. The van der Waals surface area contributed by atoms with Gasteiger partial charge >= 0.3 is 0 Å². The van der Waals surface area contributed by atoms with Crippen LogP contribution in [0.1, 0.15) is 33.1 Å². The molecule has 4 aliphatic carbocycles. The molecule has 6 rings (SSSR count). The topological polar surface area (TPSA) is 87.0 Å². The Kier molecular flexibility index (Phi) is 2.77. The molecule has 0 amide bonds. The molecule has 6 aliphatic rings. The van der Waals surface area contributed by atoms with Crippen LogP contribution in [0.25, 0.3) is 0 Å². The average molecular weight is 346 g/mol. The number of allylic oxidation sites excluding steroid dienone is 1. The minimum Gasteiger partial charge on any atom is -0.391 e. The van der Waals surface area contributed by atoms with Gasteiger partial charge in [-0.25, -0.2) is 0 Å². The van der Waals surface area contributed by atoms with Gasteiger partial charge in [-0.05, 0) is 36.2 Å². The van der Waals surface area contributed by atoms with Crippen molar-refractivity contribution in [3.63, 3.8) is 0 Å².